The van der Waals surface area contributed by atoms with E-state index in [9.17, 15) is 28.4 Å². The number of carbonyl (C=O) groups is 1. The van der Waals surface area contributed by atoms with E-state index >= 15 is 0 Å². The van der Waals surface area contributed by atoms with Crippen LogP contribution < -0.4 is 19.5 Å². The van der Waals surface area contributed by atoms with Gasteiger partial charge in [-0.2, -0.15) is 9.99 Å². The van der Waals surface area contributed by atoms with Crippen molar-refractivity contribution >= 4 is 11.6 Å². The summed E-state index contributed by atoms with van der Waals surface area (Å²) < 4.78 is 46.9. The molecular formula is C21H14F3N3O4. The summed E-state index contributed by atoms with van der Waals surface area (Å²) in [5, 5.41) is 23.2. The third kappa shape index (κ3) is 5.63. The number of alkyl halides is 3. The Labute approximate surface area is 174 Å². The van der Waals surface area contributed by atoms with Crippen molar-refractivity contribution in [2.24, 2.45) is 0 Å². The van der Waals surface area contributed by atoms with E-state index in [2.05, 4.69) is 10.1 Å². The third-order valence-electron chi connectivity index (χ3n) is 4.01. The van der Waals surface area contributed by atoms with Gasteiger partial charge in [0.15, 0.2) is 6.20 Å². The van der Waals surface area contributed by atoms with Gasteiger partial charge in [-0.05, 0) is 55.0 Å². The van der Waals surface area contributed by atoms with Crippen LogP contribution in [0.1, 0.15) is 21.5 Å². The smallest absolute Gasteiger partial charge is 0.573 e. The number of halogens is 3. The minimum Gasteiger partial charge on any atom is -0.619 e. The minimum atomic E-state index is -4.82. The van der Waals surface area contributed by atoms with Gasteiger partial charge in [0.05, 0.1) is 17.2 Å². The first-order valence-electron chi connectivity index (χ1n) is 8.73. The highest BCUT2D eigenvalue weighted by Gasteiger charge is 2.31. The van der Waals surface area contributed by atoms with E-state index in [1.165, 1.54) is 42.6 Å². The first-order valence-corrected chi connectivity index (χ1v) is 8.73. The van der Waals surface area contributed by atoms with E-state index in [-0.39, 0.29) is 28.3 Å². The molecule has 3 aromatic rings. The second-order valence-electron chi connectivity index (χ2n) is 6.30. The van der Waals surface area contributed by atoms with Crippen molar-refractivity contribution in [3.63, 3.8) is 0 Å². The van der Waals surface area contributed by atoms with Crippen LogP contribution in [0.4, 0.5) is 18.9 Å². The summed E-state index contributed by atoms with van der Waals surface area (Å²) in [7, 11) is 0. The van der Waals surface area contributed by atoms with Crippen molar-refractivity contribution in [3.05, 3.63) is 82.8 Å². The van der Waals surface area contributed by atoms with Gasteiger partial charge in [-0.3, -0.25) is 4.79 Å². The van der Waals surface area contributed by atoms with E-state index < -0.39 is 18.0 Å². The number of aromatic nitrogens is 1. The molecule has 1 aromatic heterocycles. The van der Waals surface area contributed by atoms with Gasteiger partial charge in [-0.25, -0.2) is 0 Å². The molecule has 1 heterocycles. The molecule has 0 atom stereocenters. The van der Waals surface area contributed by atoms with Gasteiger partial charge in [0.1, 0.15) is 22.9 Å². The molecule has 0 bridgehead atoms. The van der Waals surface area contributed by atoms with Crippen LogP contribution in [-0.4, -0.2) is 12.3 Å². The molecule has 158 valence electrons. The second-order valence-corrected chi connectivity index (χ2v) is 6.30. The Hall–Kier alpha value is -4.26. The second kappa shape index (κ2) is 8.62. The van der Waals surface area contributed by atoms with Crippen LogP contribution in [0.5, 0.6) is 17.2 Å². The van der Waals surface area contributed by atoms with Crippen LogP contribution in [-0.2, 0) is 0 Å². The maximum Gasteiger partial charge on any atom is 0.573 e. The molecule has 1 N–H and O–H groups in total. The maximum atomic E-state index is 12.8. The first kappa shape index (κ1) is 21.4. The van der Waals surface area contributed by atoms with Crippen molar-refractivity contribution in [1.29, 1.82) is 5.26 Å². The van der Waals surface area contributed by atoms with Gasteiger partial charge < -0.3 is 20.0 Å². The van der Waals surface area contributed by atoms with E-state index in [1.807, 2.05) is 6.07 Å². The zero-order valence-corrected chi connectivity index (χ0v) is 15.9. The van der Waals surface area contributed by atoms with Crippen molar-refractivity contribution in [3.8, 4) is 23.3 Å². The first-order chi connectivity index (χ1) is 14.6. The van der Waals surface area contributed by atoms with Crippen LogP contribution in [0.2, 0.25) is 0 Å². The van der Waals surface area contributed by atoms with Gasteiger partial charge in [0.2, 0.25) is 6.20 Å². The number of pyridine rings is 1. The van der Waals surface area contributed by atoms with Crippen molar-refractivity contribution in [1.82, 2.24) is 0 Å². The predicted molar refractivity (Wildman–Crippen MR) is 102 cm³/mol. The summed E-state index contributed by atoms with van der Waals surface area (Å²) in [6.45, 7) is 1.64. The highest BCUT2D eigenvalue weighted by molar-refractivity contribution is 6.06. The Bertz CT molecular complexity index is 1160. The number of aryl methyl sites for hydroxylation is 1. The third-order valence-corrected chi connectivity index (χ3v) is 4.01. The molecule has 0 aliphatic carbocycles. The van der Waals surface area contributed by atoms with Crippen molar-refractivity contribution in [2.45, 2.75) is 13.3 Å². The molecule has 0 saturated carbocycles. The van der Waals surface area contributed by atoms with Gasteiger partial charge in [-0.15, -0.1) is 13.2 Å². The lowest BCUT2D eigenvalue weighted by Crippen LogP contribution is -2.25. The number of hydrogen-bond donors (Lipinski definition) is 1. The zero-order chi connectivity index (χ0) is 22.6. The molecule has 1 amide bonds. The van der Waals surface area contributed by atoms with Crippen molar-refractivity contribution < 1.29 is 32.2 Å². The number of nitrogens with one attached hydrogen (secondary N) is 1. The molecule has 0 saturated heterocycles. The normalized spacial score (nSPS) is 10.8. The predicted octanol–water partition coefficient (Wildman–Crippen LogP) is 4.44. The molecule has 0 spiro atoms. The van der Waals surface area contributed by atoms with Gasteiger partial charge in [0, 0.05) is 6.07 Å². The summed E-state index contributed by atoms with van der Waals surface area (Å²) in [6, 6.07) is 12.3. The fourth-order valence-electron chi connectivity index (χ4n) is 2.63. The molecule has 31 heavy (non-hydrogen) atoms. The summed E-state index contributed by atoms with van der Waals surface area (Å²) >= 11 is 0. The van der Waals surface area contributed by atoms with E-state index in [1.54, 1.807) is 6.92 Å². The van der Waals surface area contributed by atoms with Gasteiger partial charge in [0.25, 0.3) is 5.91 Å². The molecule has 0 fully saturated rings. The summed E-state index contributed by atoms with van der Waals surface area (Å²) in [5.41, 5.74) is 0.988. The standard InChI is InChI=1S/C21H14F3N3O4/c1-13-9-19(30-16-4-6-17(7-5-16)31-21(22,23)24)18(10-14(13)11-25)20(28)26-15-3-2-8-27(29)12-15/h2-10,12H,1H3,(H,26,28). The SMILES string of the molecule is Cc1cc(Oc2ccc(OC(F)(F)F)cc2)c(C(=O)Nc2ccc[n+]([O-])c2)cc1C#N. The summed E-state index contributed by atoms with van der Waals surface area (Å²) in [6.07, 6.45) is -2.43. The lowest BCUT2D eigenvalue weighted by atomic mass is 10.0. The fraction of sp³-hybridized carbons (Fsp3) is 0.0952. The molecule has 0 aliphatic rings. The van der Waals surface area contributed by atoms with Gasteiger partial charge in [-0.1, -0.05) is 0 Å². The van der Waals surface area contributed by atoms with Crippen LogP contribution in [0.25, 0.3) is 0 Å². The average Bonchev–Trinajstić information content (AvgIpc) is 2.68. The number of nitriles is 1. The Kier molecular flexibility index (Phi) is 5.97. The zero-order valence-electron chi connectivity index (χ0n) is 15.9. The quantitative estimate of drug-likeness (QED) is 0.478. The monoisotopic (exact) mass is 429 g/mol. The highest BCUT2D eigenvalue weighted by Crippen LogP contribution is 2.31. The van der Waals surface area contributed by atoms with E-state index in [0.717, 1.165) is 18.3 Å². The molecule has 3 rings (SSSR count). The maximum absolute atomic E-state index is 12.8. The largest absolute Gasteiger partial charge is 0.619 e. The fourth-order valence-corrected chi connectivity index (χ4v) is 2.63. The van der Waals surface area contributed by atoms with Crippen molar-refractivity contribution in [2.75, 3.05) is 5.32 Å². The number of amides is 1. The Balaban J connectivity index is 1.90. The number of carbonyl (C=O) groups excluding carboxylic acids is 1. The van der Waals surface area contributed by atoms with Crippen LogP contribution in [0, 0.1) is 23.5 Å². The number of hydrogen-bond acceptors (Lipinski definition) is 5. The number of anilines is 1. The minimum absolute atomic E-state index is 0.000861. The number of nitrogens with zero attached hydrogens (tertiary/aromatic N) is 2. The molecule has 10 heteroatoms. The summed E-state index contributed by atoms with van der Waals surface area (Å²) in [4.78, 5) is 12.8. The van der Waals surface area contributed by atoms with Crippen LogP contribution in [0.15, 0.2) is 60.9 Å². The van der Waals surface area contributed by atoms with E-state index in [4.69, 9.17) is 4.74 Å². The number of benzene rings is 2. The van der Waals surface area contributed by atoms with E-state index in [0.29, 0.717) is 10.3 Å². The Morgan fingerprint density at radius 1 is 1.16 bits per heavy atom. The molecular weight excluding hydrogens is 415 g/mol. The molecule has 0 radical (unpaired) electrons. The van der Waals surface area contributed by atoms with Gasteiger partial charge >= 0.3 is 6.36 Å². The lowest BCUT2D eigenvalue weighted by Gasteiger charge is -2.14. The molecule has 0 unspecified atom stereocenters. The highest BCUT2D eigenvalue weighted by atomic mass is 19.4. The number of rotatable bonds is 5. The molecule has 7 nitrogen and oxygen atoms in total. The molecule has 0 aliphatic heterocycles. The van der Waals surface area contributed by atoms with Crippen LogP contribution in [0.3, 0.4) is 0 Å². The Morgan fingerprint density at radius 2 is 1.84 bits per heavy atom. The number of ether oxygens (including phenoxy) is 2. The molecule has 2 aromatic carbocycles. The Morgan fingerprint density at radius 3 is 2.45 bits per heavy atom. The topological polar surface area (TPSA) is 98.3 Å². The average molecular weight is 429 g/mol. The summed E-state index contributed by atoms with van der Waals surface area (Å²) in [5.74, 6) is -0.854. The lowest BCUT2D eigenvalue weighted by molar-refractivity contribution is -0.604. The van der Waals surface area contributed by atoms with Crippen LogP contribution >= 0.6 is 0 Å².